The molecule has 0 amide bonds. The van der Waals surface area contributed by atoms with Crippen LogP contribution in [0.2, 0.25) is 0 Å². The summed E-state index contributed by atoms with van der Waals surface area (Å²) in [6.45, 7) is 4.11. The molecule has 27 heavy (non-hydrogen) atoms. The van der Waals surface area contributed by atoms with Crippen LogP contribution >= 0.6 is 0 Å². The number of Topliss-reactive ketones (excluding diaryl/α,β-unsaturated/α-hetero) is 1. The Morgan fingerprint density at radius 1 is 1.41 bits per heavy atom. The van der Waals surface area contributed by atoms with Gasteiger partial charge in [-0.1, -0.05) is 26.3 Å². The molecule has 0 aromatic heterocycles. The molecule has 0 heterocycles. The van der Waals surface area contributed by atoms with E-state index in [1.54, 1.807) is 6.92 Å². The fourth-order valence-corrected chi connectivity index (χ4v) is 6.63. The van der Waals surface area contributed by atoms with Crippen molar-refractivity contribution in [3.8, 4) is 0 Å². The second-order valence-electron chi connectivity index (χ2n) is 9.32. The van der Waals surface area contributed by atoms with Crippen LogP contribution in [0.4, 0.5) is 0 Å². The Labute approximate surface area is 166 Å². The van der Waals surface area contributed by atoms with Gasteiger partial charge in [-0.25, -0.2) is 0 Å². The molecule has 3 fully saturated rings. The Morgan fingerprint density at radius 2 is 2.11 bits per heavy atom. The number of ketones is 2. The van der Waals surface area contributed by atoms with E-state index in [2.05, 4.69) is 0 Å². The molecule has 5 nitrogen and oxygen atoms in total. The molecule has 0 aliphatic heterocycles. The third-order valence-electron chi connectivity index (χ3n) is 8.07. The van der Waals surface area contributed by atoms with Crippen LogP contribution in [0.5, 0.6) is 0 Å². The van der Waals surface area contributed by atoms with Crippen LogP contribution in [-0.2, 0) is 9.59 Å². The van der Waals surface area contributed by atoms with Crippen LogP contribution in [0.15, 0.2) is 11.6 Å². The Bertz CT molecular complexity index is 887. The maximum absolute atomic E-state index is 12.6. The molecular formula is C22H32O5. The van der Waals surface area contributed by atoms with Gasteiger partial charge in [0, 0.05) is 15.9 Å². The number of fused-ring (bicyclic) bond motifs is 5. The van der Waals surface area contributed by atoms with Gasteiger partial charge in [0.2, 0.25) is 0 Å². The lowest BCUT2D eigenvalue weighted by Crippen LogP contribution is -2.62. The largest absolute Gasteiger partial charge is 0.393 e. The molecule has 0 aromatic rings. The standard InChI is InChI=1S/C22H32O5/c1-12-8-14-15-5-7-22(27,18(26)11-23)21(15,3)10-17(25)19(14)20(2)6-4-13(24)9-16(12)20/h9,12,14-15,17,19,23,25,27H,4-8,10-11H2,1-3H3/t12-,14-,15-,17-,19+,20+,21-,22-/m0/s1/i10D2,17D,19D. The Hall–Kier alpha value is -1.04. The minimum Gasteiger partial charge on any atom is -0.393 e. The van der Waals surface area contributed by atoms with Crippen molar-refractivity contribution in [3.05, 3.63) is 11.6 Å². The fourth-order valence-electron chi connectivity index (χ4n) is 6.63. The van der Waals surface area contributed by atoms with Crippen molar-refractivity contribution >= 4 is 11.6 Å². The van der Waals surface area contributed by atoms with Crippen molar-refractivity contribution in [3.63, 3.8) is 0 Å². The molecule has 0 aromatic carbocycles. The predicted octanol–water partition coefficient (Wildman–Crippen LogP) is 2.03. The molecule has 4 rings (SSSR count). The van der Waals surface area contributed by atoms with Crippen molar-refractivity contribution in [2.75, 3.05) is 6.61 Å². The highest BCUT2D eigenvalue weighted by Gasteiger charge is 2.68. The van der Waals surface area contributed by atoms with Crippen molar-refractivity contribution in [2.45, 2.75) is 70.9 Å². The zero-order valence-corrected chi connectivity index (χ0v) is 16.2. The van der Waals surface area contributed by atoms with Crippen molar-refractivity contribution in [2.24, 2.45) is 34.5 Å². The maximum atomic E-state index is 12.6. The first-order valence-corrected chi connectivity index (χ1v) is 9.91. The smallest absolute Gasteiger partial charge is 0.190 e. The molecule has 3 saturated carbocycles. The van der Waals surface area contributed by atoms with Gasteiger partial charge in [0.15, 0.2) is 11.6 Å². The molecular weight excluding hydrogens is 344 g/mol. The van der Waals surface area contributed by atoms with Gasteiger partial charge in [-0.2, -0.15) is 0 Å². The average Bonchev–Trinajstić information content (AvgIpc) is 2.98. The summed E-state index contributed by atoms with van der Waals surface area (Å²) in [4.78, 5) is 24.8. The van der Waals surface area contributed by atoms with Crippen LogP contribution in [0.1, 0.15) is 64.7 Å². The van der Waals surface area contributed by atoms with E-state index < -0.39 is 59.0 Å². The third-order valence-corrected chi connectivity index (χ3v) is 8.07. The summed E-state index contributed by atoms with van der Waals surface area (Å²) in [5.41, 5.74) is -4.52. The highest BCUT2D eigenvalue weighted by Crippen LogP contribution is 2.68. The third kappa shape index (κ3) is 2.34. The SMILES string of the molecule is [2H]C1([2H])[C@]([2H])(O)[C@@]2([2H])[C@@H](C[C@H](C)C3=CC(=O)CC[C@]32C)[C@@H]2CC[C@](O)(C(=O)CO)[C@]21C. The first kappa shape index (κ1) is 14.9. The van der Waals surface area contributed by atoms with E-state index >= 15 is 0 Å². The normalized spacial score (nSPS) is 61.3. The van der Waals surface area contributed by atoms with Gasteiger partial charge in [0.05, 0.1) is 7.45 Å². The van der Waals surface area contributed by atoms with E-state index in [-0.39, 0.29) is 37.4 Å². The van der Waals surface area contributed by atoms with E-state index in [0.717, 1.165) is 0 Å². The molecule has 0 bridgehead atoms. The average molecular weight is 381 g/mol. The van der Waals surface area contributed by atoms with Gasteiger partial charge >= 0.3 is 0 Å². The summed E-state index contributed by atoms with van der Waals surface area (Å²) in [6, 6.07) is 0. The summed E-state index contributed by atoms with van der Waals surface area (Å²) in [7, 11) is 0. The fraction of sp³-hybridized carbons (Fsp3) is 0.818. The predicted molar refractivity (Wildman–Crippen MR) is 99.7 cm³/mol. The van der Waals surface area contributed by atoms with E-state index in [1.165, 1.54) is 13.0 Å². The zero-order chi connectivity index (χ0) is 23.4. The monoisotopic (exact) mass is 380 g/mol. The first-order valence-electron chi connectivity index (χ1n) is 11.9. The lowest BCUT2D eigenvalue weighted by molar-refractivity contribution is -0.184. The molecule has 0 saturated heterocycles. The van der Waals surface area contributed by atoms with Crippen LogP contribution in [0, 0.1) is 34.5 Å². The second kappa shape index (κ2) is 5.98. The Kier molecular flexibility index (Phi) is 3.30. The van der Waals surface area contributed by atoms with Gasteiger partial charge in [-0.3, -0.25) is 9.59 Å². The molecule has 8 atom stereocenters. The van der Waals surface area contributed by atoms with E-state index in [4.69, 9.17) is 4.11 Å². The molecule has 0 unspecified atom stereocenters. The molecule has 3 N–H and O–H groups in total. The molecule has 0 radical (unpaired) electrons. The molecule has 150 valence electrons. The second-order valence-corrected chi connectivity index (χ2v) is 9.32. The highest BCUT2D eigenvalue weighted by molar-refractivity contribution is 5.92. The van der Waals surface area contributed by atoms with Gasteiger partial charge in [-0.05, 0) is 67.2 Å². The summed E-state index contributed by atoms with van der Waals surface area (Å²) < 4.78 is 36.4. The van der Waals surface area contributed by atoms with Crippen molar-refractivity contribution < 1.29 is 30.4 Å². The number of hydrogen-bond donors (Lipinski definition) is 3. The summed E-state index contributed by atoms with van der Waals surface area (Å²) in [5.74, 6) is -4.42. The number of hydrogen-bond acceptors (Lipinski definition) is 5. The van der Waals surface area contributed by atoms with Crippen LogP contribution in [-0.4, -0.2) is 45.2 Å². The number of aliphatic hydroxyl groups is 3. The zero-order valence-electron chi connectivity index (χ0n) is 20.2. The quantitative estimate of drug-likeness (QED) is 0.681. The molecule has 5 heteroatoms. The molecule has 4 aliphatic carbocycles. The van der Waals surface area contributed by atoms with Crippen molar-refractivity contribution in [1.82, 2.24) is 0 Å². The van der Waals surface area contributed by atoms with E-state index in [0.29, 0.717) is 12.0 Å². The summed E-state index contributed by atoms with van der Waals surface area (Å²) >= 11 is 0. The lowest BCUT2D eigenvalue weighted by atomic mass is 9.44. The Balaban J connectivity index is 2.00. The number of rotatable bonds is 2. The summed E-state index contributed by atoms with van der Waals surface area (Å²) in [6.07, 6.45) is -3.40. The lowest BCUT2D eigenvalue weighted by Gasteiger charge is -2.61. The minimum atomic E-state index is -2.97. The highest BCUT2D eigenvalue weighted by atomic mass is 16.3. The number of carbonyl (C=O) groups excluding carboxylic acids is 2. The van der Waals surface area contributed by atoms with E-state index in [9.17, 15) is 26.3 Å². The number of carbonyl (C=O) groups is 2. The maximum Gasteiger partial charge on any atom is 0.190 e. The number of aliphatic hydroxyl groups excluding tert-OH is 1. The molecule has 0 spiro atoms. The summed E-state index contributed by atoms with van der Waals surface area (Å²) in [5, 5.41) is 32.5. The van der Waals surface area contributed by atoms with Crippen LogP contribution in [0.25, 0.3) is 0 Å². The van der Waals surface area contributed by atoms with Gasteiger partial charge in [0.1, 0.15) is 12.2 Å². The number of allylic oxidation sites excluding steroid dienone is 1. The van der Waals surface area contributed by atoms with Crippen LogP contribution in [0.3, 0.4) is 0 Å². The van der Waals surface area contributed by atoms with Gasteiger partial charge in [-0.15, -0.1) is 0 Å². The van der Waals surface area contributed by atoms with Crippen molar-refractivity contribution in [1.29, 1.82) is 0 Å². The molecule has 4 aliphatic rings. The van der Waals surface area contributed by atoms with Gasteiger partial charge < -0.3 is 15.3 Å². The van der Waals surface area contributed by atoms with Gasteiger partial charge in [0.25, 0.3) is 0 Å². The first-order chi connectivity index (χ1) is 14.1. The minimum absolute atomic E-state index is 0.0673. The van der Waals surface area contributed by atoms with Crippen LogP contribution < -0.4 is 0 Å². The van der Waals surface area contributed by atoms with E-state index in [1.807, 2.05) is 6.92 Å². The Morgan fingerprint density at radius 3 is 2.78 bits per heavy atom. The topological polar surface area (TPSA) is 94.8 Å².